The maximum Gasteiger partial charge on any atom is 0.155 e. The molecule has 5 nitrogen and oxygen atoms in total. The molecule has 4 rings (SSSR count). The van der Waals surface area contributed by atoms with Crippen LogP contribution >= 0.6 is 0 Å². The van der Waals surface area contributed by atoms with Gasteiger partial charge in [0, 0.05) is 36.0 Å². The minimum atomic E-state index is -1.12. The number of hydrogen-bond donors (Lipinski definition) is 2. The molecule has 0 bridgehead atoms. The molecule has 0 spiro atoms. The van der Waals surface area contributed by atoms with Crippen LogP contribution in [0.3, 0.4) is 0 Å². The Kier molecular flexibility index (Phi) is 4.11. The van der Waals surface area contributed by atoms with Crippen molar-refractivity contribution in [3.05, 3.63) is 11.6 Å². The number of aliphatic hydroxyl groups is 2. The first-order chi connectivity index (χ1) is 12.5. The van der Waals surface area contributed by atoms with Crippen molar-refractivity contribution < 1.29 is 24.6 Å². The van der Waals surface area contributed by atoms with E-state index in [1.807, 2.05) is 13.8 Å². The Hall–Kier alpha value is -1.33. The highest BCUT2D eigenvalue weighted by molar-refractivity contribution is 5.93. The van der Waals surface area contributed by atoms with Gasteiger partial charge < -0.3 is 10.2 Å². The molecule has 4 aliphatic carbocycles. The zero-order valence-corrected chi connectivity index (χ0v) is 16.6. The van der Waals surface area contributed by atoms with Crippen LogP contribution in [0.2, 0.25) is 0 Å². The third-order valence-corrected chi connectivity index (χ3v) is 8.53. The molecule has 3 fully saturated rings. The summed E-state index contributed by atoms with van der Waals surface area (Å²) in [5.41, 5.74) is -0.530. The van der Waals surface area contributed by atoms with E-state index in [-0.39, 0.29) is 41.0 Å². The lowest BCUT2D eigenvalue weighted by Gasteiger charge is -2.59. The molecular formula is C22H30O5. The highest BCUT2D eigenvalue weighted by atomic mass is 16.3. The predicted octanol–water partition coefficient (Wildman–Crippen LogP) is 2.09. The molecule has 0 aromatic carbocycles. The van der Waals surface area contributed by atoms with Crippen molar-refractivity contribution in [1.82, 2.24) is 0 Å². The lowest BCUT2D eigenvalue weighted by molar-refractivity contribution is -0.169. The van der Waals surface area contributed by atoms with E-state index >= 15 is 0 Å². The molecule has 4 aliphatic rings. The molecule has 9 atom stereocenters. The molecule has 0 aromatic rings. The highest BCUT2D eigenvalue weighted by Crippen LogP contribution is 2.66. The summed E-state index contributed by atoms with van der Waals surface area (Å²) in [4.78, 5) is 37.8. The Morgan fingerprint density at radius 3 is 2.52 bits per heavy atom. The monoisotopic (exact) mass is 374 g/mol. The second-order valence-electron chi connectivity index (χ2n) is 10.0. The second kappa shape index (κ2) is 5.84. The fourth-order valence-corrected chi connectivity index (χ4v) is 7.63. The fourth-order valence-electron chi connectivity index (χ4n) is 7.63. The molecule has 3 saturated carbocycles. The van der Waals surface area contributed by atoms with Gasteiger partial charge >= 0.3 is 0 Å². The van der Waals surface area contributed by atoms with Crippen LogP contribution in [0.25, 0.3) is 0 Å². The van der Waals surface area contributed by atoms with E-state index in [0.29, 0.717) is 24.8 Å². The molecule has 27 heavy (non-hydrogen) atoms. The lowest BCUT2D eigenvalue weighted by Crippen LogP contribution is -2.63. The maximum absolute atomic E-state index is 13.4. The third-order valence-electron chi connectivity index (χ3n) is 8.53. The second-order valence-corrected chi connectivity index (χ2v) is 10.0. The number of fused-ring (bicyclic) bond motifs is 5. The van der Waals surface area contributed by atoms with E-state index in [9.17, 15) is 24.6 Å². The Bertz CT molecular complexity index is 754. The van der Waals surface area contributed by atoms with Gasteiger partial charge in [0.25, 0.3) is 0 Å². The number of Topliss-reactive ketones (excluding diaryl/α,β-unsaturated/α-hetero) is 2. The molecule has 0 heterocycles. The third kappa shape index (κ3) is 2.34. The van der Waals surface area contributed by atoms with Crippen molar-refractivity contribution in [2.75, 3.05) is 0 Å². The van der Waals surface area contributed by atoms with Gasteiger partial charge in [-0.1, -0.05) is 20.8 Å². The molecule has 0 saturated heterocycles. The Morgan fingerprint density at radius 2 is 1.89 bits per heavy atom. The van der Waals surface area contributed by atoms with Crippen LogP contribution in [0, 0.1) is 40.4 Å². The van der Waals surface area contributed by atoms with Crippen molar-refractivity contribution in [1.29, 1.82) is 0 Å². The number of carbonyl (C=O) groups is 3. The normalized spacial score (nSPS) is 51.9. The number of aliphatic hydroxyl groups excluding tert-OH is 2. The average molecular weight is 374 g/mol. The van der Waals surface area contributed by atoms with Gasteiger partial charge in [-0.3, -0.25) is 14.4 Å². The minimum Gasteiger partial charge on any atom is -0.390 e. The first-order valence-electron chi connectivity index (χ1n) is 10.2. The van der Waals surface area contributed by atoms with Crippen LogP contribution in [0.15, 0.2) is 11.6 Å². The van der Waals surface area contributed by atoms with Gasteiger partial charge in [0.2, 0.25) is 0 Å². The molecule has 2 N–H and O–H groups in total. The quantitative estimate of drug-likeness (QED) is 0.733. The van der Waals surface area contributed by atoms with E-state index in [2.05, 4.69) is 6.92 Å². The van der Waals surface area contributed by atoms with Crippen LogP contribution < -0.4 is 0 Å². The number of rotatable bonds is 1. The van der Waals surface area contributed by atoms with E-state index in [1.54, 1.807) is 6.92 Å². The number of carbonyl (C=O) groups excluding carboxylic acids is 3. The smallest absolute Gasteiger partial charge is 0.155 e. The van der Waals surface area contributed by atoms with Gasteiger partial charge in [0.1, 0.15) is 17.7 Å². The van der Waals surface area contributed by atoms with Crippen LogP contribution in [-0.4, -0.2) is 39.8 Å². The van der Waals surface area contributed by atoms with Crippen molar-refractivity contribution in [3.8, 4) is 0 Å². The van der Waals surface area contributed by atoms with E-state index < -0.39 is 29.0 Å². The van der Waals surface area contributed by atoms with Crippen LogP contribution in [0.5, 0.6) is 0 Å². The summed E-state index contributed by atoms with van der Waals surface area (Å²) in [7, 11) is 0. The Balaban J connectivity index is 1.84. The molecule has 0 aromatic heterocycles. The first kappa shape index (κ1) is 19.0. The topological polar surface area (TPSA) is 91.7 Å². The standard InChI is InChI=1S/C22H30O5/c1-10-7-13-16-18(15(25)9-22(13,4)17(10)11(2)23)21(3)6-5-12(24)8-14(21)19(26)20(16)27/h8,10,13,16-20,26-27H,5-7,9H2,1-4H3/t10?,13-,16-,17+,18-,19?,20?,21-,22-/m0/s1. The van der Waals surface area contributed by atoms with E-state index in [4.69, 9.17) is 0 Å². The Labute approximate surface area is 160 Å². The molecule has 0 aliphatic heterocycles. The summed E-state index contributed by atoms with van der Waals surface area (Å²) in [6.45, 7) is 7.66. The van der Waals surface area contributed by atoms with Crippen LogP contribution in [-0.2, 0) is 14.4 Å². The summed E-state index contributed by atoms with van der Waals surface area (Å²) in [6, 6.07) is 0. The Morgan fingerprint density at radius 1 is 1.22 bits per heavy atom. The lowest BCUT2D eigenvalue weighted by atomic mass is 9.45. The summed E-state index contributed by atoms with van der Waals surface area (Å²) in [5.74, 6) is -0.635. The van der Waals surface area contributed by atoms with Gasteiger partial charge in [-0.2, -0.15) is 0 Å². The van der Waals surface area contributed by atoms with Crippen LogP contribution in [0.4, 0.5) is 0 Å². The highest BCUT2D eigenvalue weighted by Gasteiger charge is 2.67. The molecule has 5 heteroatoms. The number of ketones is 3. The molecule has 3 unspecified atom stereocenters. The van der Waals surface area contributed by atoms with Gasteiger partial charge in [0.15, 0.2) is 5.78 Å². The van der Waals surface area contributed by atoms with Gasteiger partial charge in [-0.25, -0.2) is 0 Å². The van der Waals surface area contributed by atoms with E-state index in [0.717, 1.165) is 6.42 Å². The van der Waals surface area contributed by atoms with Crippen LogP contribution in [0.1, 0.15) is 53.4 Å². The molecule has 0 amide bonds. The predicted molar refractivity (Wildman–Crippen MR) is 98.6 cm³/mol. The zero-order chi connectivity index (χ0) is 19.9. The van der Waals surface area contributed by atoms with E-state index in [1.165, 1.54) is 6.08 Å². The number of hydrogen-bond acceptors (Lipinski definition) is 5. The fraction of sp³-hybridized carbons (Fsp3) is 0.773. The molecular weight excluding hydrogens is 344 g/mol. The molecule has 0 radical (unpaired) electrons. The summed E-state index contributed by atoms with van der Waals surface area (Å²) in [5, 5.41) is 21.9. The maximum atomic E-state index is 13.4. The summed E-state index contributed by atoms with van der Waals surface area (Å²) >= 11 is 0. The van der Waals surface area contributed by atoms with Crippen molar-refractivity contribution in [2.45, 2.75) is 65.6 Å². The van der Waals surface area contributed by atoms with Gasteiger partial charge in [0.05, 0.1) is 6.10 Å². The first-order valence-corrected chi connectivity index (χ1v) is 10.2. The largest absolute Gasteiger partial charge is 0.390 e. The zero-order valence-electron chi connectivity index (χ0n) is 16.6. The molecule has 148 valence electrons. The summed E-state index contributed by atoms with van der Waals surface area (Å²) in [6.07, 6.45) is 1.29. The van der Waals surface area contributed by atoms with Crippen molar-refractivity contribution in [2.24, 2.45) is 40.4 Å². The van der Waals surface area contributed by atoms with Gasteiger partial charge in [-0.15, -0.1) is 0 Å². The SMILES string of the molecule is CC(=O)[C@H]1C(C)C[C@H]2[C@@H]3C(O)C(O)C4=CC(=O)CC[C@]4(C)[C@H]3C(=O)C[C@]12C. The van der Waals surface area contributed by atoms with Crippen molar-refractivity contribution in [3.63, 3.8) is 0 Å². The van der Waals surface area contributed by atoms with Gasteiger partial charge in [-0.05, 0) is 48.7 Å². The summed E-state index contributed by atoms with van der Waals surface area (Å²) < 4.78 is 0. The minimum absolute atomic E-state index is 0.0183. The average Bonchev–Trinajstić information content (AvgIpc) is 2.83. The van der Waals surface area contributed by atoms with Crippen molar-refractivity contribution >= 4 is 17.3 Å².